The third-order valence-corrected chi connectivity index (χ3v) is 1.84. The fourth-order valence-electron chi connectivity index (χ4n) is 1.25. The lowest BCUT2D eigenvalue weighted by molar-refractivity contribution is -0.182. The van der Waals surface area contributed by atoms with Crippen molar-refractivity contribution >= 4 is 17.0 Å². The Morgan fingerprint density at radius 2 is 2.29 bits per heavy atom. The molecule has 0 spiro atoms. The first-order valence-corrected chi connectivity index (χ1v) is 4.04. The lowest BCUT2D eigenvalue weighted by Crippen LogP contribution is -2.03. The summed E-state index contributed by atoms with van der Waals surface area (Å²) in [6.45, 7) is 0. The van der Waals surface area contributed by atoms with E-state index < -0.39 is 5.97 Å². The second kappa shape index (κ2) is 3.45. The number of rotatable bonds is 2. The molecule has 0 saturated heterocycles. The highest BCUT2D eigenvalue weighted by Gasteiger charge is 2.09. The highest BCUT2D eigenvalue weighted by Crippen LogP contribution is 2.10. The molecule has 1 N–H and O–H groups in total. The Bertz CT molecular complexity index is 434. The monoisotopic (exact) mass is 194 g/mol. The van der Waals surface area contributed by atoms with Crippen molar-refractivity contribution in [2.75, 3.05) is 0 Å². The van der Waals surface area contributed by atoms with Crippen LogP contribution in [0, 0.1) is 0 Å². The van der Waals surface area contributed by atoms with Crippen LogP contribution in [0.2, 0.25) is 0 Å². The molecule has 72 valence electrons. The van der Waals surface area contributed by atoms with Gasteiger partial charge in [0.1, 0.15) is 12.2 Å². The Hall–Kier alpha value is -1.91. The zero-order valence-electron chi connectivity index (χ0n) is 7.16. The molecule has 2 rings (SSSR count). The van der Waals surface area contributed by atoms with E-state index >= 15 is 0 Å². The second-order valence-corrected chi connectivity index (χ2v) is 2.83. The number of nitrogens with one attached hydrogen (secondary N) is 1. The van der Waals surface area contributed by atoms with Gasteiger partial charge in [-0.25, -0.2) is 9.78 Å². The third kappa shape index (κ3) is 1.56. The van der Waals surface area contributed by atoms with E-state index in [9.17, 15) is 9.32 Å². The lowest BCUT2D eigenvalue weighted by atomic mass is 10.3. The van der Waals surface area contributed by atoms with Crippen molar-refractivity contribution in [3.05, 3.63) is 30.1 Å². The second-order valence-electron chi connectivity index (χ2n) is 2.83. The van der Waals surface area contributed by atoms with Crippen molar-refractivity contribution in [2.45, 2.75) is 6.42 Å². The molecule has 4 nitrogen and oxygen atoms in total. The molecule has 1 aromatic heterocycles. The Morgan fingerprint density at radius 3 is 3.00 bits per heavy atom. The number of benzene rings is 1. The highest BCUT2D eigenvalue weighted by molar-refractivity contribution is 5.77. The molecule has 5 heteroatoms. The predicted octanol–water partition coefficient (Wildman–Crippen LogP) is 1.53. The summed E-state index contributed by atoms with van der Waals surface area (Å²) in [5.74, 6) is -0.557. The number of carbonyl (C=O) groups excluding carboxylic acids is 1. The van der Waals surface area contributed by atoms with Gasteiger partial charge in [0.25, 0.3) is 0 Å². The number of H-pyrrole nitrogens is 1. The van der Waals surface area contributed by atoms with Crippen LogP contribution in [-0.4, -0.2) is 15.9 Å². The fourth-order valence-corrected chi connectivity index (χ4v) is 1.25. The molecule has 0 aliphatic rings. The lowest BCUT2D eigenvalue weighted by Gasteiger charge is -1.88. The Labute approximate surface area is 78.6 Å². The molecule has 0 aliphatic carbocycles. The maximum atomic E-state index is 11.4. The Morgan fingerprint density at radius 1 is 1.50 bits per heavy atom. The molecule has 0 amide bonds. The summed E-state index contributed by atoms with van der Waals surface area (Å²) in [6.07, 6.45) is -0.189. The van der Waals surface area contributed by atoms with Crippen molar-refractivity contribution in [3.63, 3.8) is 0 Å². The summed E-state index contributed by atoms with van der Waals surface area (Å²) in [5, 5.41) is 0. The van der Waals surface area contributed by atoms with Gasteiger partial charge in [0.2, 0.25) is 0 Å². The van der Waals surface area contributed by atoms with Crippen molar-refractivity contribution < 1.29 is 14.3 Å². The Kier molecular flexibility index (Phi) is 2.14. The average Bonchev–Trinajstić information content (AvgIpc) is 2.59. The van der Waals surface area contributed by atoms with Crippen LogP contribution < -0.4 is 0 Å². The van der Waals surface area contributed by atoms with Crippen molar-refractivity contribution in [1.82, 2.24) is 9.97 Å². The minimum absolute atomic E-state index is 0.189. The molecule has 0 unspecified atom stereocenters. The standard InChI is InChI=1S/C9H7FN2O2/c10-14-9(13)5-8-11-6-3-1-2-4-7(6)12-8/h1-4H,5H2,(H,11,12). The number of hydrogen-bond donors (Lipinski definition) is 1. The summed E-state index contributed by atoms with van der Waals surface area (Å²) in [7, 11) is 0. The van der Waals surface area contributed by atoms with E-state index in [1.807, 2.05) is 18.2 Å². The zero-order chi connectivity index (χ0) is 9.97. The quantitative estimate of drug-likeness (QED) is 0.788. The number of para-hydroxylation sites is 2. The highest BCUT2D eigenvalue weighted by atomic mass is 19.3. The fraction of sp³-hybridized carbons (Fsp3) is 0.111. The molecule has 1 aromatic carbocycles. The number of aromatic amines is 1. The van der Waals surface area contributed by atoms with Crippen LogP contribution in [0.25, 0.3) is 11.0 Å². The number of imidazole rings is 1. The first-order valence-electron chi connectivity index (χ1n) is 4.04. The van der Waals surface area contributed by atoms with Gasteiger partial charge in [0.05, 0.1) is 11.0 Å². The van der Waals surface area contributed by atoms with E-state index in [1.165, 1.54) is 0 Å². The molecule has 0 bridgehead atoms. The third-order valence-electron chi connectivity index (χ3n) is 1.84. The first kappa shape index (κ1) is 8.68. The maximum Gasteiger partial charge on any atom is 0.356 e. The van der Waals surface area contributed by atoms with E-state index in [-0.39, 0.29) is 6.42 Å². The minimum Gasteiger partial charge on any atom is -0.341 e. The van der Waals surface area contributed by atoms with Gasteiger partial charge >= 0.3 is 5.97 Å². The minimum atomic E-state index is -0.955. The van der Waals surface area contributed by atoms with Gasteiger partial charge in [-0.1, -0.05) is 12.1 Å². The maximum absolute atomic E-state index is 11.4. The molecule has 0 fully saturated rings. The first-order chi connectivity index (χ1) is 6.79. The summed E-state index contributed by atoms with van der Waals surface area (Å²) in [4.78, 5) is 20.6. The summed E-state index contributed by atoms with van der Waals surface area (Å²) >= 11 is 0. The number of fused-ring (bicyclic) bond motifs is 1. The van der Waals surface area contributed by atoms with Gasteiger partial charge in [-0.15, -0.1) is 0 Å². The number of carbonyl (C=O) groups is 1. The molecule has 0 aliphatic heterocycles. The Balaban J connectivity index is 2.31. The predicted molar refractivity (Wildman–Crippen MR) is 47.0 cm³/mol. The topological polar surface area (TPSA) is 55.0 Å². The molecule has 14 heavy (non-hydrogen) atoms. The number of halogens is 1. The van der Waals surface area contributed by atoms with Crippen LogP contribution in [0.15, 0.2) is 24.3 Å². The van der Waals surface area contributed by atoms with Crippen molar-refractivity contribution in [1.29, 1.82) is 0 Å². The molecule has 2 aromatic rings. The van der Waals surface area contributed by atoms with Crippen LogP contribution in [0.1, 0.15) is 5.82 Å². The molecular formula is C9H7FN2O2. The summed E-state index contributed by atoms with van der Waals surface area (Å²) in [6, 6.07) is 7.31. The van der Waals surface area contributed by atoms with Gasteiger partial charge in [-0.2, -0.15) is 0 Å². The van der Waals surface area contributed by atoms with E-state index in [4.69, 9.17) is 0 Å². The van der Waals surface area contributed by atoms with Gasteiger partial charge in [-0.3, -0.25) is 4.94 Å². The molecule has 0 atom stereocenters. The van der Waals surface area contributed by atoms with E-state index in [0.29, 0.717) is 5.82 Å². The number of aromatic nitrogens is 2. The van der Waals surface area contributed by atoms with Crippen LogP contribution in [-0.2, 0) is 16.2 Å². The van der Waals surface area contributed by atoms with Gasteiger partial charge in [0, 0.05) is 4.53 Å². The van der Waals surface area contributed by atoms with E-state index in [0.717, 1.165) is 11.0 Å². The molecule has 0 radical (unpaired) electrons. The zero-order valence-corrected chi connectivity index (χ0v) is 7.16. The van der Waals surface area contributed by atoms with Crippen molar-refractivity contribution in [2.24, 2.45) is 0 Å². The van der Waals surface area contributed by atoms with Crippen LogP contribution in [0.3, 0.4) is 0 Å². The number of hydrogen-bond acceptors (Lipinski definition) is 3. The average molecular weight is 194 g/mol. The largest absolute Gasteiger partial charge is 0.356 e. The molecule has 1 heterocycles. The van der Waals surface area contributed by atoms with Crippen LogP contribution in [0.5, 0.6) is 0 Å². The van der Waals surface area contributed by atoms with Gasteiger partial charge in [0.15, 0.2) is 0 Å². The van der Waals surface area contributed by atoms with Crippen LogP contribution in [0.4, 0.5) is 4.53 Å². The molecular weight excluding hydrogens is 187 g/mol. The SMILES string of the molecule is O=C(Cc1nc2ccccc2[nH]1)OF. The van der Waals surface area contributed by atoms with Gasteiger partial charge < -0.3 is 4.98 Å². The molecule has 0 saturated carbocycles. The summed E-state index contributed by atoms with van der Waals surface area (Å²) in [5.41, 5.74) is 1.56. The van der Waals surface area contributed by atoms with Gasteiger partial charge in [-0.05, 0) is 12.1 Å². The van der Waals surface area contributed by atoms with Crippen molar-refractivity contribution in [3.8, 4) is 0 Å². The smallest absolute Gasteiger partial charge is 0.341 e. The summed E-state index contributed by atoms with van der Waals surface area (Å²) < 4.78 is 11.4. The van der Waals surface area contributed by atoms with E-state index in [2.05, 4.69) is 14.9 Å². The normalized spacial score (nSPS) is 10.4. The van der Waals surface area contributed by atoms with Crippen LogP contribution >= 0.6 is 0 Å². The van der Waals surface area contributed by atoms with E-state index in [1.54, 1.807) is 6.07 Å². The number of nitrogens with zero attached hydrogens (tertiary/aromatic N) is 1.